The molecule has 2 bridgehead atoms. The summed E-state index contributed by atoms with van der Waals surface area (Å²) in [5, 5.41) is 0. The summed E-state index contributed by atoms with van der Waals surface area (Å²) in [5.41, 5.74) is 0. The third-order valence-electron chi connectivity index (χ3n) is 2.00. The van der Waals surface area contributed by atoms with Crippen LogP contribution in [-0.2, 0) is 9.59 Å². The van der Waals surface area contributed by atoms with Gasteiger partial charge in [-0.3, -0.25) is 9.59 Å². The summed E-state index contributed by atoms with van der Waals surface area (Å²) < 4.78 is 0. The molecular weight excluding hydrogens is 116 g/mol. The van der Waals surface area contributed by atoms with Crippen molar-refractivity contribution in [3.63, 3.8) is 0 Å². The molecule has 46 valence electrons. The number of carbonyl (C=O) groups excluding carboxylic acids is 2. The van der Waals surface area contributed by atoms with Gasteiger partial charge in [0.1, 0.15) is 0 Å². The summed E-state index contributed by atoms with van der Waals surface area (Å²) in [4.78, 5) is 21.5. The Hall–Kier alpha value is -0.920. The second-order valence-corrected chi connectivity index (χ2v) is 2.56. The molecule has 0 aromatic carbocycles. The molecule has 2 rings (SSSR count). The number of hydrogen-bond acceptors (Lipinski definition) is 2. The summed E-state index contributed by atoms with van der Waals surface area (Å²) in [5.74, 6) is -0.463. The number of Topliss-reactive ketones (excluding diaryl/α,β-unsaturated/α-hetero) is 2. The molecule has 1 fully saturated rings. The molecule has 0 radical (unpaired) electrons. The van der Waals surface area contributed by atoms with Crippen molar-refractivity contribution in [3.8, 4) is 0 Å². The largest absolute Gasteiger partial charge is 0.290 e. The van der Waals surface area contributed by atoms with Crippen LogP contribution >= 0.6 is 0 Å². The molecule has 2 aliphatic rings. The maximum absolute atomic E-state index is 10.8. The lowest BCUT2D eigenvalue weighted by Crippen LogP contribution is -2.17. The van der Waals surface area contributed by atoms with Crippen LogP contribution in [0.15, 0.2) is 12.2 Å². The predicted octanol–water partition coefficient (Wildman–Crippen LogP) is 0.330. The van der Waals surface area contributed by atoms with Gasteiger partial charge < -0.3 is 0 Å². The van der Waals surface area contributed by atoms with Gasteiger partial charge in [0.15, 0.2) is 0 Å². The predicted molar refractivity (Wildman–Crippen MR) is 30.8 cm³/mol. The van der Waals surface area contributed by atoms with Crippen LogP contribution in [0.3, 0.4) is 0 Å². The molecule has 2 nitrogen and oxygen atoms in total. The quantitative estimate of drug-likeness (QED) is 0.342. The normalized spacial score (nSPS) is 38.7. The van der Waals surface area contributed by atoms with E-state index in [2.05, 4.69) is 0 Å². The highest BCUT2D eigenvalue weighted by Crippen LogP contribution is 2.32. The monoisotopic (exact) mass is 122 g/mol. The van der Waals surface area contributed by atoms with E-state index in [1.54, 1.807) is 0 Å². The summed E-state index contributed by atoms with van der Waals surface area (Å²) in [7, 11) is 0. The maximum Gasteiger partial charge on any atom is 0.205 e. The summed E-state index contributed by atoms with van der Waals surface area (Å²) in [6, 6.07) is 0. The van der Waals surface area contributed by atoms with E-state index in [0.29, 0.717) is 0 Å². The van der Waals surface area contributed by atoms with E-state index in [-0.39, 0.29) is 23.4 Å². The zero-order valence-corrected chi connectivity index (χ0v) is 4.83. The van der Waals surface area contributed by atoms with Gasteiger partial charge in [-0.15, -0.1) is 0 Å². The van der Waals surface area contributed by atoms with Crippen LogP contribution in [0.1, 0.15) is 6.42 Å². The van der Waals surface area contributed by atoms with Crippen LogP contribution in [0.2, 0.25) is 0 Å². The molecule has 0 amide bonds. The zero-order chi connectivity index (χ0) is 6.43. The van der Waals surface area contributed by atoms with Crippen LogP contribution in [0.5, 0.6) is 0 Å². The van der Waals surface area contributed by atoms with Gasteiger partial charge in [0, 0.05) is 11.8 Å². The number of rotatable bonds is 0. The average Bonchev–Trinajstić information content (AvgIpc) is 2.37. The lowest BCUT2D eigenvalue weighted by atomic mass is 10.1. The van der Waals surface area contributed by atoms with Crippen LogP contribution < -0.4 is 0 Å². The molecule has 2 atom stereocenters. The summed E-state index contributed by atoms with van der Waals surface area (Å²) in [6.45, 7) is 0. The first-order valence-corrected chi connectivity index (χ1v) is 3.05. The third kappa shape index (κ3) is 0.453. The van der Waals surface area contributed by atoms with Crippen LogP contribution in [0, 0.1) is 11.8 Å². The van der Waals surface area contributed by atoms with Crippen molar-refractivity contribution in [1.82, 2.24) is 0 Å². The van der Waals surface area contributed by atoms with Gasteiger partial charge in [-0.2, -0.15) is 0 Å². The Morgan fingerprint density at radius 3 is 1.78 bits per heavy atom. The van der Waals surface area contributed by atoms with E-state index < -0.39 is 0 Å². The smallest absolute Gasteiger partial charge is 0.205 e. The minimum absolute atomic E-state index is 0.0532. The Kier molecular flexibility index (Phi) is 0.721. The van der Waals surface area contributed by atoms with E-state index in [9.17, 15) is 9.59 Å². The van der Waals surface area contributed by atoms with Crippen LogP contribution in [0.4, 0.5) is 0 Å². The van der Waals surface area contributed by atoms with E-state index in [1.165, 1.54) is 0 Å². The third-order valence-corrected chi connectivity index (χ3v) is 2.00. The van der Waals surface area contributed by atoms with E-state index in [4.69, 9.17) is 0 Å². The number of fused-ring (bicyclic) bond motifs is 2. The Morgan fingerprint density at radius 2 is 1.56 bits per heavy atom. The standard InChI is InChI=1S/C7H6O2/c8-6-4-1-2-5(3-4)7(6)9/h1-2,4-5H,3H2. The highest BCUT2D eigenvalue weighted by Gasteiger charge is 2.41. The topological polar surface area (TPSA) is 34.1 Å². The fraction of sp³-hybridized carbons (Fsp3) is 0.429. The van der Waals surface area contributed by atoms with Crippen molar-refractivity contribution in [3.05, 3.63) is 12.2 Å². The number of hydrogen-bond donors (Lipinski definition) is 0. The molecular formula is C7H6O2. The Morgan fingerprint density at radius 1 is 1.11 bits per heavy atom. The molecule has 0 spiro atoms. The van der Waals surface area contributed by atoms with E-state index >= 15 is 0 Å². The van der Waals surface area contributed by atoms with Gasteiger partial charge >= 0.3 is 0 Å². The number of ketones is 2. The van der Waals surface area contributed by atoms with E-state index in [0.717, 1.165) is 6.42 Å². The van der Waals surface area contributed by atoms with Gasteiger partial charge in [0.05, 0.1) is 0 Å². The Labute approximate surface area is 52.6 Å². The Bertz CT molecular complexity index is 193. The molecule has 2 unspecified atom stereocenters. The fourth-order valence-corrected chi connectivity index (χ4v) is 1.45. The molecule has 0 heterocycles. The van der Waals surface area contributed by atoms with Crippen molar-refractivity contribution in [1.29, 1.82) is 0 Å². The highest BCUT2D eigenvalue weighted by atomic mass is 16.2. The first-order chi connectivity index (χ1) is 4.29. The molecule has 2 heteroatoms. The molecule has 0 N–H and O–H groups in total. The second kappa shape index (κ2) is 1.32. The second-order valence-electron chi connectivity index (χ2n) is 2.56. The average molecular weight is 122 g/mol. The fourth-order valence-electron chi connectivity index (χ4n) is 1.45. The molecule has 2 aliphatic carbocycles. The zero-order valence-electron chi connectivity index (χ0n) is 4.83. The molecule has 0 aromatic heterocycles. The SMILES string of the molecule is O=C1C(=O)C2C=CC1C2. The summed E-state index contributed by atoms with van der Waals surface area (Å²) >= 11 is 0. The molecule has 9 heavy (non-hydrogen) atoms. The minimum Gasteiger partial charge on any atom is -0.290 e. The molecule has 0 aliphatic heterocycles. The highest BCUT2D eigenvalue weighted by molar-refractivity contribution is 6.42. The van der Waals surface area contributed by atoms with Crippen molar-refractivity contribution in [2.75, 3.05) is 0 Å². The van der Waals surface area contributed by atoms with E-state index in [1.807, 2.05) is 12.2 Å². The first-order valence-electron chi connectivity index (χ1n) is 3.05. The number of allylic oxidation sites excluding steroid dienone is 2. The van der Waals surface area contributed by atoms with Gasteiger partial charge in [-0.1, -0.05) is 12.2 Å². The van der Waals surface area contributed by atoms with Gasteiger partial charge in [-0.05, 0) is 6.42 Å². The van der Waals surface area contributed by atoms with Gasteiger partial charge in [0.2, 0.25) is 11.6 Å². The maximum atomic E-state index is 10.8. The lowest BCUT2D eigenvalue weighted by Gasteiger charge is -1.96. The van der Waals surface area contributed by atoms with Crippen molar-refractivity contribution in [2.24, 2.45) is 11.8 Å². The first kappa shape index (κ1) is 4.91. The lowest BCUT2D eigenvalue weighted by molar-refractivity contribution is -0.136. The van der Waals surface area contributed by atoms with Crippen molar-refractivity contribution >= 4 is 11.6 Å². The van der Waals surface area contributed by atoms with Gasteiger partial charge in [0.25, 0.3) is 0 Å². The molecule has 0 saturated heterocycles. The number of carbonyl (C=O) groups is 2. The molecule has 1 saturated carbocycles. The van der Waals surface area contributed by atoms with Crippen LogP contribution in [0.25, 0.3) is 0 Å². The molecule has 0 aromatic rings. The minimum atomic E-state index is -0.178. The van der Waals surface area contributed by atoms with Crippen molar-refractivity contribution in [2.45, 2.75) is 6.42 Å². The van der Waals surface area contributed by atoms with Crippen LogP contribution in [-0.4, -0.2) is 11.6 Å². The Balaban J connectivity index is 2.47. The van der Waals surface area contributed by atoms with Crippen molar-refractivity contribution < 1.29 is 9.59 Å². The summed E-state index contributed by atoms with van der Waals surface area (Å²) in [6.07, 6.45) is 4.43. The van der Waals surface area contributed by atoms with Gasteiger partial charge in [-0.25, -0.2) is 0 Å².